The van der Waals surface area contributed by atoms with Crippen molar-refractivity contribution in [2.45, 2.75) is 45.6 Å². The van der Waals surface area contributed by atoms with Gasteiger partial charge in [0.15, 0.2) is 0 Å². The molecule has 3 heteroatoms. The molecule has 0 aliphatic heterocycles. The van der Waals surface area contributed by atoms with Gasteiger partial charge in [0.05, 0.1) is 6.10 Å². The highest BCUT2D eigenvalue weighted by Crippen LogP contribution is 2.17. The fourth-order valence-corrected chi connectivity index (χ4v) is 1.31. The van der Waals surface area contributed by atoms with Crippen molar-refractivity contribution in [2.24, 2.45) is 5.92 Å². The molecule has 2 N–H and O–H groups in total. The van der Waals surface area contributed by atoms with Crippen LogP contribution in [0.2, 0.25) is 0 Å². The van der Waals surface area contributed by atoms with Crippen LogP contribution >= 0.6 is 0 Å². The Kier molecular flexibility index (Phi) is 5.72. The SMILES string of the molecule is CCC(O)C(CC)CCC(=O)O. The quantitative estimate of drug-likeness (QED) is 0.643. The van der Waals surface area contributed by atoms with Crippen LogP contribution in [-0.2, 0) is 4.79 Å². The summed E-state index contributed by atoms with van der Waals surface area (Å²) in [7, 11) is 0. The summed E-state index contributed by atoms with van der Waals surface area (Å²) in [6.07, 6.45) is 1.96. The first-order valence-electron chi connectivity index (χ1n) is 4.51. The first-order chi connectivity index (χ1) is 5.61. The van der Waals surface area contributed by atoms with Gasteiger partial charge in [-0.3, -0.25) is 4.79 Å². The van der Waals surface area contributed by atoms with Crippen LogP contribution in [0.4, 0.5) is 0 Å². The predicted octanol–water partition coefficient (Wildman–Crippen LogP) is 1.65. The Morgan fingerprint density at radius 3 is 2.25 bits per heavy atom. The fourth-order valence-electron chi connectivity index (χ4n) is 1.31. The van der Waals surface area contributed by atoms with Gasteiger partial charge in [-0.15, -0.1) is 0 Å². The first-order valence-corrected chi connectivity index (χ1v) is 4.51. The van der Waals surface area contributed by atoms with E-state index in [1.54, 1.807) is 0 Å². The third-order valence-corrected chi connectivity index (χ3v) is 2.22. The molecule has 0 spiro atoms. The van der Waals surface area contributed by atoms with Crippen molar-refractivity contribution in [3.8, 4) is 0 Å². The molecule has 0 heterocycles. The number of carboxylic acids is 1. The van der Waals surface area contributed by atoms with Crippen LogP contribution in [-0.4, -0.2) is 22.3 Å². The molecule has 0 saturated carbocycles. The molecule has 0 bridgehead atoms. The molecule has 0 aliphatic rings. The van der Waals surface area contributed by atoms with Crippen molar-refractivity contribution in [3.63, 3.8) is 0 Å². The zero-order chi connectivity index (χ0) is 9.56. The van der Waals surface area contributed by atoms with E-state index in [2.05, 4.69) is 0 Å². The van der Waals surface area contributed by atoms with E-state index in [0.717, 1.165) is 6.42 Å². The summed E-state index contributed by atoms with van der Waals surface area (Å²) in [5.41, 5.74) is 0. The van der Waals surface area contributed by atoms with E-state index < -0.39 is 5.97 Å². The average molecular weight is 174 g/mol. The maximum Gasteiger partial charge on any atom is 0.303 e. The van der Waals surface area contributed by atoms with Crippen LogP contribution < -0.4 is 0 Å². The molecule has 2 unspecified atom stereocenters. The molecule has 2 atom stereocenters. The predicted molar refractivity (Wildman–Crippen MR) is 46.9 cm³/mol. The summed E-state index contributed by atoms with van der Waals surface area (Å²) in [5.74, 6) is -0.636. The van der Waals surface area contributed by atoms with Crippen LogP contribution in [0, 0.1) is 5.92 Å². The topological polar surface area (TPSA) is 57.5 Å². The zero-order valence-corrected chi connectivity index (χ0v) is 7.79. The average Bonchev–Trinajstić information content (AvgIpc) is 2.04. The number of carbonyl (C=O) groups is 1. The van der Waals surface area contributed by atoms with Gasteiger partial charge in [0.25, 0.3) is 0 Å². The lowest BCUT2D eigenvalue weighted by Gasteiger charge is -2.18. The van der Waals surface area contributed by atoms with E-state index in [4.69, 9.17) is 5.11 Å². The van der Waals surface area contributed by atoms with Crippen LogP contribution in [0.15, 0.2) is 0 Å². The highest BCUT2D eigenvalue weighted by atomic mass is 16.4. The Morgan fingerprint density at radius 2 is 1.92 bits per heavy atom. The van der Waals surface area contributed by atoms with Gasteiger partial charge in [-0.05, 0) is 18.8 Å². The molecular weight excluding hydrogens is 156 g/mol. The fraction of sp³-hybridized carbons (Fsp3) is 0.889. The second-order valence-electron chi connectivity index (χ2n) is 3.08. The van der Waals surface area contributed by atoms with Crippen molar-refractivity contribution >= 4 is 5.97 Å². The van der Waals surface area contributed by atoms with Gasteiger partial charge in [0.1, 0.15) is 0 Å². The molecule has 0 aliphatic carbocycles. The largest absolute Gasteiger partial charge is 0.481 e. The Labute approximate surface area is 73.4 Å². The number of aliphatic carboxylic acids is 1. The molecule has 0 aromatic carbocycles. The molecule has 0 saturated heterocycles. The molecule has 0 aromatic heterocycles. The normalized spacial score (nSPS) is 15.6. The Morgan fingerprint density at radius 1 is 1.33 bits per heavy atom. The molecule has 72 valence electrons. The van der Waals surface area contributed by atoms with Crippen molar-refractivity contribution < 1.29 is 15.0 Å². The second-order valence-corrected chi connectivity index (χ2v) is 3.08. The van der Waals surface area contributed by atoms with Gasteiger partial charge < -0.3 is 10.2 Å². The monoisotopic (exact) mass is 174 g/mol. The summed E-state index contributed by atoms with van der Waals surface area (Å²) < 4.78 is 0. The van der Waals surface area contributed by atoms with Gasteiger partial charge in [0, 0.05) is 6.42 Å². The maximum absolute atomic E-state index is 10.2. The molecule has 12 heavy (non-hydrogen) atoms. The molecule has 3 nitrogen and oxygen atoms in total. The summed E-state index contributed by atoms with van der Waals surface area (Å²) in [6.45, 7) is 3.89. The smallest absolute Gasteiger partial charge is 0.303 e. The summed E-state index contributed by atoms with van der Waals surface area (Å²) in [5, 5.41) is 17.9. The van der Waals surface area contributed by atoms with Crippen molar-refractivity contribution in [1.29, 1.82) is 0 Å². The number of aliphatic hydroxyl groups is 1. The van der Waals surface area contributed by atoms with E-state index in [1.807, 2.05) is 13.8 Å². The van der Waals surface area contributed by atoms with Crippen molar-refractivity contribution in [1.82, 2.24) is 0 Å². The lowest BCUT2D eigenvalue weighted by atomic mass is 9.93. The Hall–Kier alpha value is -0.570. The minimum absolute atomic E-state index is 0.145. The lowest BCUT2D eigenvalue weighted by molar-refractivity contribution is -0.137. The molecule has 0 rings (SSSR count). The van der Waals surface area contributed by atoms with E-state index in [1.165, 1.54) is 0 Å². The maximum atomic E-state index is 10.2. The number of hydrogen-bond donors (Lipinski definition) is 2. The number of hydrogen-bond acceptors (Lipinski definition) is 2. The van der Waals surface area contributed by atoms with Gasteiger partial charge in [0.2, 0.25) is 0 Å². The van der Waals surface area contributed by atoms with Gasteiger partial charge in [-0.25, -0.2) is 0 Å². The molecule has 0 radical (unpaired) electrons. The molecule has 0 fully saturated rings. The van der Waals surface area contributed by atoms with Crippen molar-refractivity contribution in [3.05, 3.63) is 0 Å². The minimum atomic E-state index is -0.781. The van der Waals surface area contributed by atoms with E-state index in [0.29, 0.717) is 12.8 Å². The van der Waals surface area contributed by atoms with Gasteiger partial charge >= 0.3 is 5.97 Å². The third kappa shape index (κ3) is 4.34. The standard InChI is InChI=1S/C9H18O3/c1-3-7(8(10)4-2)5-6-9(11)12/h7-8,10H,3-6H2,1-2H3,(H,11,12). The molecular formula is C9H18O3. The summed E-state index contributed by atoms with van der Waals surface area (Å²) in [4.78, 5) is 10.2. The van der Waals surface area contributed by atoms with Crippen LogP contribution in [0.3, 0.4) is 0 Å². The summed E-state index contributed by atoms with van der Waals surface area (Å²) >= 11 is 0. The first kappa shape index (κ1) is 11.4. The number of rotatable bonds is 6. The lowest BCUT2D eigenvalue weighted by Crippen LogP contribution is -2.19. The summed E-state index contributed by atoms with van der Waals surface area (Å²) in [6, 6.07) is 0. The highest BCUT2D eigenvalue weighted by Gasteiger charge is 2.16. The molecule has 0 aromatic rings. The van der Waals surface area contributed by atoms with Crippen LogP contribution in [0.25, 0.3) is 0 Å². The number of aliphatic hydroxyl groups excluding tert-OH is 1. The zero-order valence-electron chi connectivity index (χ0n) is 7.79. The molecule has 0 amide bonds. The third-order valence-electron chi connectivity index (χ3n) is 2.22. The van der Waals surface area contributed by atoms with Crippen molar-refractivity contribution in [2.75, 3.05) is 0 Å². The van der Waals surface area contributed by atoms with E-state index >= 15 is 0 Å². The van der Waals surface area contributed by atoms with Crippen LogP contribution in [0.5, 0.6) is 0 Å². The minimum Gasteiger partial charge on any atom is -0.481 e. The van der Waals surface area contributed by atoms with E-state index in [9.17, 15) is 9.90 Å². The second kappa shape index (κ2) is 6.00. The highest BCUT2D eigenvalue weighted by molar-refractivity contribution is 5.66. The van der Waals surface area contributed by atoms with Gasteiger partial charge in [-0.2, -0.15) is 0 Å². The van der Waals surface area contributed by atoms with E-state index in [-0.39, 0.29) is 18.4 Å². The number of carboxylic acid groups (broad SMARTS) is 1. The Balaban J connectivity index is 3.74. The van der Waals surface area contributed by atoms with Crippen LogP contribution in [0.1, 0.15) is 39.5 Å². The Bertz CT molecular complexity index is 134. The van der Waals surface area contributed by atoms with Gasteiger partial charge in [-0.1, -0.05) is 20.3 Å².